The third kappa shape index (κ3) is 2.89. The molecule has 0 atom stereocenters. The molecule has 0 aliphatic rings. The van der Waals surface area contributed by atoms with E-state index in [4.69, 9.17) is 4.74 Å². The van der Waals surface area contributed by atoms with Crippen molar-refractivity contribution in [3.8, 4) is 11.8 Å². The lowest BCUT2D eigenvalue weighted by molar-refractivity contribution is 0.415. The maximum atomic E-state index is 9.27. The number of anilines is 2. The summed E-state index contributed by atoms with van der Waals surface area (Å²) in [6.07, 6.45) is 0. The van der Waals surface area contributed by atoms with Crippen molar-refractivity contribution < 1.29 is 4.74 Å². The van der Waals surface area contributed by atoms with Crippen LogP contribution < -0.4 is 10.1 Å². The minimum Gasteiger partial charge on any atom is -0.497 e. The molecule has 1 aromatic carbocycles. The molecule has 1 aromatic heterocycles. The predicted molar refractivity (Wildman–Crippen MR) is 80.2 cm³/mol. The highest BCUT2D eigenvalue weighted by molar-refractivity contribution is 9.10. The van der Waals surface area contributed by atoms with Gasteiger partial charge in [-0.1, -0.05) is 15.9 Å². The van der Waals surface area contributed by atoms with Crippen molar-refractivity contribution in [2.24, 2.45) is 0 Å². The first kappa shape index (κ1) is 14.3. The summed E-state index contributed by atoms with van der Waals surface area (Å²) in [6, 6.07) is 7.71. The van der Waals surface area contributed by atoms with Crippen molar-refractivity contribution in [1.82, 2.24) is 10.2 Å². The van der Waals surface area contributed by atoms with Gasteiger partial charge in [0.05, 0.1) is 12.8 Å². The van der Waals surface area contributed by atoms with E-state index < -0.39 is 0 Å². The fraction of sp³-hybridized carbons (Fsp3) is 0.214. The Kier molecular flexibility index (Phi) is 4.20. The SMILES string of the molecule is COc1cc(Br)cc(Nc2nnc(C)c(C)c2C#N)c1. The highest BCUT2D eigenvalue weighted by Crippen LogP contribution is 2.28. The largest absolute Gasteiger partial charge is 0.497 e. The molecular weight excluding hydrogens is 320 g/mol. The van der Waals surface area contributed by atoms with Crippen LogP contribution in [0.4, 0.5) is 11.5 Å². The van der Waals surface area contributed by atoms with Crippen LogP contribution in [-0.2, 0) is 0 Å². The topological polar surface area (TPSA) is 70.8 Å². The highest BCUT2D eigenvalue weighted by atomic mass is 79.9. The lowest BCUT2D eigenvalue weighted by atomic mass is 10.1. The molecule has 0 saturated carbocycles. The van der Waals surface area contributed by atoms with Gasteiger partial charge in [0.1, 0.15) is 17.4 Å². The molecule has 0 radical (unpaired) electrons. The number of nitrogens with one attached hydrogen (secondary N) is 1. The minimum atomic E-state index is 0.441. The minimum absolute atomic E-state index is 0.441. The molecule has 0 saturated heterocycles. The Hall–Kier alpha value is -2.13. The van der Waals surface area contributed by atoms with E-state index in [-0.39, 0.29) is 0 Å². The molecule has 20 heavy (non-hydrogen) atoms. The van der Waals surface area contributed by atoms with E-state index in [0.717, 1.165) is 21.4 Å². The van der Waals surface area contributed by atoms with Crippen LogP contribution >= 0.6 is 15.9 Å². The first-order valence-corrected chi connectivity index (χ1v) is 6.70. The van der Waals surface area contributed by atoms with Gasteiger partial charge < -0.3 is 10.1 Å². The summed E-state index contributed by atoms with van der Waals surface area (Å²) in [5, 5.41) is 20.5. The maximum Gasteiger partial charge on any atom is 0.171 e. The van der Waals surface area contributed by atoms with E-state index >= 15 is 0 Å². The number of aryl methyl sites for hydroxylation is 1. The highest BCUT2D eigenvalue weighted by Gasteiger charge is 2.11. The van der Waals surface area contributed by atoms with Crippen LogP contribution in [0.1, 0.15) is 16.8 Å². The van der Waals surface area contributed by atoms with Gasteiger partial charge in [-0.3, -0.25) is 0 Å². The standard InChI is InChI=1S/C14H13BrN4O/c1-8-9(2)18-19-14(13(8)7-16)17-11-4-10(15)5-12(6-11)20-3/h4-6H,1-3H3,(H,17,19). The first-order chi connectivity index (χ1) is 9.55. The van der Waals surface area contributed by atoms with Gasteiger partial charge in [-0.25, -0.2) is 0 Å². The van der Waals surface area contributed by atoms with E-state index in [1.807, 2.05) is 32.0 Å². The number of benzene rings is 1. The molecule has 2 aromatic rings. The Morgan fingerprint density at radius 2 is 2.00 bits per heavy atom. The van der Waals surface area contributed by atoms with Crippen LogP contribution in [0.15, 0.2) is 22.7 Å². The lowest BCUT2D eigenvalue weighted by Crippen LogP contribution is -2.03. The molecule has 0 amide bonds. The second kappa shape index (κ2) is 5.88. The molecule has 2 rings (SSSR count). The lowest BCUT2D eigenvalue weighted by Gasteiger charge is -2.11. The second-order valence-corrected chi connectivity index (χ2v) is 5.17. The Morgan fingerprint density at radius 3 is 2.65 bits per heavy atom. The zero-order valence-corrected chi connectivity index (χ0v) is 12.9. The number of rotatable bonds is 3. The molecule has 0 aliphatic carbocycles. The number of nitriles is 1. The van der Waals surface area contributed by atoms with E-state index in [2.05, 4.69) is 37.5 Å². The van der Waals surface area contributed by atoms with Crippen molar-refractivity contribution in [3.05, 3.63) is 39.5 Å². The number of hydrogen-bond donors (Lipinski definition) is 1. The Bertz CT molecular complexity index is 694. The van der Waals surface area contributed by atoms with Gasteiger partial charge in [-0.05, 0) is 31.5 Å². The smallest absolute Gasteiger partial charge is 0.171 e. The van der Waals surface area contributed by atoms with Crippen LogP contribution in [0.25, 0.3) is 0 Å². The molecule has 5 nitrogen and oxygen atoms in total. The molecule has 1 heterocycles. The van der Waals surface area contributed by atoms with E-state index in [9.17, 15) is 5.26 Å². The summed E-state index contributed by atoms with van der Waals surface area (Å²) >= 11 is 3.41. The molecule has 6 heteroatoms. The fourth-order valence-corrected chi connectivity index (χ4v) is 2.19. The van der Waals surface area contributed by atoms with Crippen LogP contribution in [-0.4, -0.2) is 17.3 Å². The fourth-order valence-electron chi connectivity index (χ4n) is 1.72. The number of hydrogen-bond acceptors (Lipinski definition) is 5. The van der Waals surface area contributed by atoms with Crippen LogP contribution in [0.5, 0.6) is 5.75 Å². The molecular formula is C14H13BrN4O. The quantitative estimate of drug-likeness (QED) is 0.931. The summed E-state index contributed by atoms with van der Waals surface area (Å²) in [7, 11) is 1.60. The van der Waals surface area contributed by atoms with Crippen LogP contribution in [0.3, 0.4) is 0 Å². The van der Waals surface area contributed by atoms with E-state index in [1.54, 1.807) is 7.11 Å². The van der Waals surface area contributed by atoms with Crippen molar-refractivity contribution in [1.29, 1.82) is 5.26 Å². The third-order valence-corrected chi connectivity index (χ3v) is 3.39. The summed E-state index contributed by atoms with van der Waals surface area (Å²) in [6.45, 7) is 3.68. The predicted octanol–water partition coefficient (Wildman–Crippen LogP) is 3.48. The zero-order chi connectivity index (χ0) is 14.7. The third-order valence-electron chi connectivity index (χ3n) is 2.94. The molecule has 0 aliphatic heterocycles. The van der Waals surface area contributed by atoms with Crippen molar-refractivity contribution in [3.63, 3.8) is 0 Å². The Balaban J connectivity index is 2.43. The van der Waals surface area contributed by atoms with Crippen LogP contribution in [0, 0.1) is 25.2 Å². The molecule has 0 fully saturated rings. The normalized spacial score (nSPS) is 9.95. The van der Waals surface area contributed by atoms with Gasteiger partial charge in [0.2, 0.25) is 0 Å². The average molecular weight is 333 g/mol. The summed E-state index contributed by atoms with van der Waals surface area (Å²) in [5.41, 5.74) is 2.84. The maximum absolute atomic E-state index is 9.27. The van der Waals surface area contributed by atoms with E-state index in [1.165, 1.54) is 0 Å². The number of halogens is 1. The average Bonchev–Trinajstić information content (AvgIpc) is 2.42. The summed E-state index contributed by atoms with van der Waals surface area (Å²) in [4.78, 5) is 0. The van der Waals surface area contributed by atoms with Gasteiger partial charge in [0.15, 0.2) is 5.82 Å². The first-order valence-electron chi connectivity index (χ1n) is 5.90. The van der Waals surface area contributed by atoms with E-state index in [0.29, 0.717) is 17.1 Å². The van der Waals surface area contributed by atoms with Gasteiger partial charge in [-0.15, -0.1) is 5.10 Å². The monoisotopic (exact) mass is 332 g/mol. The molecule has 0 unspecified atom stereocenters. The number of aromatic nitrogens is 2. The second-order valence-electron chi connectivity index (χ2n) is 4.25. The molecule has 0 spiro atoms. The zero-order valence-electron chi connectivity index (χ0n) is 11.4. The Labute approximate surface area is 125 Å². The molecule has 102 valence electrons. The summed E-state index contributed by atoms with van der Waals surface area (Å²) in [5.74, 6) is 1.15. The Morgan fingerprint density at radius 1 is 1.25 bits per heavy atom. The van der Waals surface area contributed by atoms with Gasteiger partial charge in [0.25, 0.3) is 0 Å². The van der Waals surface area contributed by atoms with Gasteiger partial charge in [-0.2, -0.15) is 10.4 Å². The van der Waals surface area contributed by atoms with Crippen LogP contribution in [0.2, 0.25) is 0 Å². The summed E-state index contributed by atoms with van der Waals surface area (Å²) < 4.78 is 6.07. The van der Waals surface area contributed by atoms with Crippen molar-refractivity contribution in [2.75, 3.05) is 12.4 Å². The molecule has 0 bridgehead atoms. The number of methoxy groups -OCH3 is 1. The number of nitrogens with zero attached hydrogens (tertiary/aromatic N) is 3. The molecule has 1 N–H and O–H groups in total. The van der Waals surface area contributed by atoms with Crippen molar-refractivity contribution >= 4 is 27.4 Å². The van der Waals surface area contributed by atoms with Crippen molar-refractivity contribution in [2.45, 2.75) is 13.8 Å². The van der Waals surface area contributed by atoms with Gasteiger partial charge in [0, 0.05) is 16.2 Å². The number of ether oxygens (including phenoxy) is 1. The van der Waals surface area contributed by atoms with Gasteiger partial charge >= 0.3 is 0 Å².